The fraction of sp³-hybridized carbons (Fsp3) is 0.800. The zero-order chi connectivity index (χ0) is 18.8. The summed E-state index contributed by atoms with van der Waals surface area (Å²) in [5, 5.41) is 11.0. The highest BCUT2D eigenvalue weighted by atomic mass is 16.5. The topological polar surface area (TPSA) is 65.7 Å². The average molecular weight is 364 g/mol. The normalized spacial score (nSPS) is 16.3. The third-order valence-electron chi connectivity index (χ3n) is 5.30. The lowest BCUT2D eigenvalue weighted by atomic mass is 9.94. The monoisotopic (exact) mass is 363 g/mol. The van der Waals surface area contributed by atoms with Crippen molar-refractivity contribution in [1.29, 1.82) is 0 Å². The Morgan fingerprint density at radius 1 is 1.15 bits per heavy atom. The number of aromatic nitrogens is 1. The minimum atomic E-state index is 0.615. The zero-order valence-electron chi connectivity index (χ0n) is 17.1. The van der Waals surface area contributed by atoms with Gasteiger partial charge in [-0.1, -0.05) is 38.3 Å². The standard InChI is InChI=1S/C20H37N5O/c1-5-18-17(19(6-2)26-24-18)15-23-20(21-7-3)22-13-14-25(4)16-11-9-8-10-12-16/h16H,5-15H2,1-4H3,(H2,21,22,23). The van der Waals surface area contributed by atoms with Crippen LogP contribution in [-0.4, -0.2) is 48.7 Å². The summed E-state index contributed by atoms with van der Waals surface area (Å²) in [5.41, 5.74) is 2.17. The third kappa shape index (κ3) is 6.01. The predicted molar refractivity (Wildman–Crippen MR) is 108 cm³/mol. The Balaban J connectivity index is 1.87. The molecule has 1 fully saturated rings. The number of rotatable bonds is 9. The Kier molecular flexibility index (Phi) is 8.95. The Morgan fingerprint density at radius 3 is 2.58 bits per heavy atom. The van der Waals surface area contributed by atoms with Crippen LogP contribution in [0.25, 0.3) is 0 Å². The van der Waals surface area contributed by atoms with E-state index < -0.39 is 0 Å². The van der Waals surface area contributed by atoms with Gasteiger partial charge in [-0.3, -0.25) is 0 Å². The summed E-state index contributed by atoms with van der Waals surface area (Å²) in [6.07, 6.45) is 8.59. The first kappa shape index (κ1) is 20.7. The minimum absolute atomic E-state index is 0.615. The first-order chi connectivity index (χ1) is 12.7. The zero-order valence-corrected chi connectivity index (χ0v) is 17.1. The van der Waals surface area contributed by atoms with Crippen molar-refractivity contribution in [1.82, 2.24) is 20.7 Å². The largest absolute Gasteiger partial charge is 0.361 e. The molecule has 2 rings (SSSR count). The highest BCUT2D eigenvalue weighted by Gasteiger charge is 2.17. The molecule has 0 unspecified atom stereocenters. The van der Waals surface area contributed by atoms with E-state index in [9.17, 15) is 0 Å². The van der Waals surface area contributed by atoms with E-state index in [1.807, 2.05) is 0 Å². The number of nitrogens with zero attached hydrogens (tertiary/aromatic N) is 3. The maximum atomic E-state index is 5.44. The quantitative estimate of drug-likeness (QED) is 0.521. The van der Waals surface area contributed by atoms with Gasteiger partial charge < -0.3 is 20.1 Å². The molecule has 0 aromatic carbocycles. The van der Waals surface area contributed by atoms with Crippen molar-refractivity contribution in [3.05, 3.63) is 17.0 Å². The van der Waals surface area contributed by atoms with Gasteiger partial charge in [-0.2, -0.15) is 0 Å². The van der Waals surface area contributed by atoms with Gasteiger partial charge in [0, 0.05) is 37.7 Å². The molecule has 0 bridgehead atoms. The van der Waals surface area contributed by atoms with Crippen LogP contribution < -0.4 is 10.6 Å². The van der Waals surface area contributed by atoms with E-state index in [0.717, 1.165) is 61.5 Å². The molecule has 0 aliphatic heterocycles. The van der Waals surface area contributed by atoms with Gasteiger partial charge in [-0.05, 0) is 33.2 Å². The van der Waals surface area contributed by atoms with Gasteiger partial charge in [0.15, 0.2) is 5.96 Å². The molecule has 0 saturated heterocycles. The molecule has 6 heteroatoms. The molecule has 1 saturated carbocycles. The molecule has 1 aromatic rings. The van der Waals surface area contributed by atoms with Crippen molar-refractivity contribution in [3.63, 3.8) is 0 Å². The lowest BCUT2D eigenvalue weighted by Gasteiger charge is -2.31. The molecule has 0 atom stereocenters. The maximum Gasteiger partial charge on any atom is 0.191 e. The van der Waals surface area contributed by atoms with E-state index in [2.05, 4.69) is 48.5 Å². The van der Waals surface area contributed by atoms with Crippen LogP contribution in [0.2, 0.25) is 0 Å². The molecule has 148 valence electrons. The van der Waals surface area contributed by atoms with Gasteiger partial charge in [0.1, 0.15) is 5.76 Å². The van der Waals surface area contributed by atoms with Crippen molar-refractivity contribution in [3.8, 4) is 0 Å². The van der Waals surface area contributed by atoms with Crippen molar-refractivity contribution >= 4 is 5.96 Å². The summed E-state index contributed by atoms with van der Waals surface area (Å²) in [5.74, 6) is 1.83. The van der Waals surface area contributed by atoms with Crippen LogP contribution in [0, 0.1) is 0 Å². The molecule has 2 N–H and O–H groups in total. The summed E-state index contributed by atoms with van der Waals surface area (Å²) in [4.78, 5) is 7.26. The number of aryl methyl sites for hydroxylation is 2. The van der Waals surface area contributed by atoms with Gasteiger partial charge in [0.25, 0.3) is 0 Å². The average Bonchev–Trinajstić information content (AvgIpc) is 3.08. The molecular formula is C20H37N5O. The van der Waals surface area contributed by atoms with Gasteiger partial charge in [-0.15, -0.1) is 0 Å². The van der Waals surface area contributed by atoms with E-state index >= 15 is 0 Å². The smallest absolute Gasteiger partial charge is 0.191 e. The first-order valence-electron chi connectivity index (χ1n) is 10.4. The van der Waals surface area contributed by atoms with Gasteiger partial charge in [0.2, 0.25) is 0 Å². The second kappa shape index (κ2) is 11.2. The highest BCUT2D eigenvalue weighted by molar-refractivity contribution is 5.79. The second-order valence-electron chi connectivity index (χ2n) is 7.13. The minimum Gasteiger partial charge on any atom is -0.361 e. The van der Waals surface area contributed by atoms with E-state index in [1.54, 1.807) is 0 Å². The van der Waals surface area contributed by atoms with Crippen LogP contribution >= 0.6 is 0 Å². The molecule has 0 radical (unpaired) electrons. The number of hydrogen-bond donors (Lipinski definition) is 2. The first-order valence-corrected chi connectivity index (χ1v) is 10.4. The summed E-state index contributed by atoms with van der Waals surface area (Å²) in [6.45, 7) is 9.72. The van der Waals surface area contributed by atoms with Crippen LogP contribution in [-0.2, 0) is 19.4 Å². The lowest BCUT2D eigenvalue weighted by molar-refractivity contribution is 0.194. The third-order valence-corrected chi connectivity index (χ3v) is 5.30. The number of aliphatic imine (C=N–C) groups is 1. The van der Waals surface area contributed by atoms with Crippen molar-refractivity contribution in [2.75, 3.05) is 26.7 Å². The Bertz CT molecular complexity index is 527. The van der Waals surface area contributed by atoms with E-state index in [0.29, 0.717) is 6.54 Å². The summed E-state index contributed by atoms with van der Waals surface area (Å²) >= 11 is 0. The van der Waals surface area contributed by atoms with E-state index in [1.165, 1.54) is 32.1 Å². The van der Waals surface area contributed by atoms with E-state index in [4.69, 9.17) is 9.52 Å². The highest BCUT2D eigenvalue weighted by Crippen LogP contribution is 2.21. The molecule has 1 aliphatic carbocycles. The van der Waals surface area contributed by atoms with Crippen LogP contribution in [0.5, 0.6) is 0 Å². The van der Waals surface area contributed by atoms with Crippen LogP contribution in [0.3, 0.4) is 0 Å². The molecule has 1 heterocycles. The number of guanidine groups is 1. The molecule has 26 heavy (non-hydrogen) atoms. The van der Waals surface area contributed by atoms with Gasteiger partial charge in [0.05, 0.1) is 12.2 Å². The van der Waals surface area contributed by atoms with Crippen LogP contribution in [0.15, 0.2) is 9.52 Å². The predicted octanol–water partition coefficient (Wildman–Crippen LogP) is 3.12. The van der Waals surface area contributed by atoms with Gasteiger partial charge in [-0.25, -0.2) is 4.99 Å². The summed E-state index contributed by atoms with van der Waals surface area (Å²) in [7, 11) is 2.25. The molecule has 6 nitrogen and oxygen atoms in total. The Morgan fingerprint density at radius 2 is 1.92 bits per heavy atom. The maximum absolute atomic E-state index is 5.44. The Hall–Kier alpha value is -1.56. The number of hydrogen-bond acceptors (Lipinski definition) is 4. The number of likely N-dealkylation sites (N-methyl/N-ethyl adjacent to an activating group) is 1. The molecule has 0 amide bonds. The molecule has 1 aromatic heterocycles. The van der Waals surface area contributed by atoms with Crippen LogP contribution in [0.1, 0.15) is 69.9 Å². The fourth-order valence-corrected chi connectivity index (χ4v) is 3.67. The molecular weight excluding hydrogens is 326 g/mol. The molecule has 1 aliphatic rings. The van der Waals surface area contributed by atoms with E-state index in [-0.39, 0.29) is 0 Å². The second-order valence-corrected chi connectivity index (χ2v) is 7.13. The van der Waals surface area contributed by atoms with Gasteiger partial charge >= 0.3 is 0 Å². The summed E-state index contributed by atoms with van der Waals surface area (Å²) < 4.78 is 5.44. The lowest BCUT2D eigenvalue weighted by Crippen LogP contribution is -2.43. The van der Waals surface area contributed by atoms with Crippen molar-refractivity contribution in [2.45, 2.75) is 78.3 Å². The SMILES string of the molecule is CCNC(=NCc1c(CC)noc1CC)NCCN(C)C1CCCCC1. The Labute approximate surface area is 158 Å². The molecule has 0 spiro atoms. The van der Waals surface area contributed by atoms with Crippen LogP contribution in [0.4, 0.5) is 0 Å². The van der Waals surface area contributed by atoms with Crippen molar-refractivity contribution in [2.24, 2.45) is 4.99 Å². The summed E-state index contributed by atoms with van der Waals surface area (Å²) in [6, 6.07) is 0.751. The van der Waals surface area contributed by atoms with Crippen molar-refractivity contribution < 1.29 is 4.52 Å². The fourth-order valence-electron chi connectivity index (χ4n) is 3.67. The number of nitrogens with one attached hydrogen (secondary N) is 2.